The zero-order chi connectivity index (χ0) is 18.4. The Hall–Kier alpha value is -0.960. The molecule has 1 aliphatic heterocycles. The van der Waals surface area contributed by atoms with Crippen LogP contribution in [0.1, 0.15) is 38.3 Å². The second-order valence-electron chi connectivity index (χ2n) is 6.77. The van der Waals surface area contributed by atoms with Crippen LogP contribution in [-0.4, -0.2) is 59.5 Å². The van der Waals surface area contributed by atoms with Gasteiger partial charge in [0.15, 0.2) is 5.96 Å². The smallest absolute Gasteiger partial charge is 0.224 e. The first-order chi connectivity index (χ1) is 11.9. The maximum Gasteiger partial charge on any atom is 0.224 e. The molecule has 1 aromatic heterocycles. The van der Waals surface area contributed by atoms with Gasteiger partial charge in [0.05, 0.1) is 11.6 Å². The number of carbonyl (C=O) groups is 1. The van der Waals surface area contributed by atoms with Crippen LogP contribution in [0.15, 0.2) is 17.3 Å². The number of halogens is 2. The van der Waals surface area contributed by atoms with E-state index in [0.29, 0.717) is 25.6 Å². The largest absolute Gasteiger partial charge is 0.356 e. The monoisotopic (exact) mass is 495 g/mol. The molecule has 1 atom stereocenters. The van der Waals surface area contributed by atoms with E-state index in [1.165, 1.54) is 6.42 Å². The molecule has 0 bridgehead atoms. The summed E-state index contributed by atoms with van der Waals surface area (Å²) >= 11 is 6.04. The lowest BCUT2D eigenvalue weighted by molar-refractivity contribution is -0.134. The summed E-state index contributed by atoms with van der Waals surface area (Å²) in [6, 6.07) is 2.32. The first-order valence-electron chi connectivity index (χ1n) is 8.94. The molecular weight excluding hydrogens is 465 g/mol. The van der Waals surface area contributed by atoms with Crippen LogP contribution in [0.3, 0.4) is 0 Å². The highest BCUT2D eigenvalue weighted by molar-refractivity contribution is 14.0. The number of likely N-dealkylation sites (tertiary alicyclic amines) is 1. The van der Waals surface area contributed by atoms with E-state index in [2.05, 4.69) is 17.2 Å². The first kappa shape index (κ1) is 23.1. The molecule has 2 heterocycles. The average molecular weight is 496 g/mol. The van der Waals surface area contributed by atoms with E-state index in [1.54, 1.807) is 7.05 Å². The molecule has 1 fully saturated rings. The minimum atomic E-state index is 0. The maximum atomic E-state index is 12.4. The number of guanidine groups is 1. The molecule has 8 heteroatoms. The molecule has 0 spiro atoms. The number of aromatic nitrogens is 1. The molecule has 6 nitrogen and oxygen atoms in total. The van der Waals surface area contributed by atoms with Gasteiger partial charge in [-0.15, -0.1) is 24.0 Å². The minimum absolute atomic E-state index is 0. The molecular formula is C18H31ClIN5O. The van der Waals surface area contributed by atoms with Crippen molar-refractivity contribution in [3.8, 4) is 0 Å². The quantitative estimate of drug-likeness (QED) is 0.388. The normalized spacial score (nSPS) is 17.7. The van der Waals surface area contributed by atoms with Crippen molar-refractivity contribution in [1.29, 1.82) is 0 Å². The van der Waals surface area contributed by atoms with E-state index in [-0.39, 0.29) is 29.9 Å². The van der Waals surface area contributed by atoms with Crippen molar-refractivity contribution >= 4 is 47.4 Å². The van der Waals surface area contributed by atoms with Crippen molar-refractivity contribution < 1.29 is 4.79 Å². The zero-order valence-corrected chi connectivity index (χ0v) is 19.3. The number of piperidine rings is 1. The lowest BCUT2D eigenvalue weighted by Gasteiger charge is -2.33. The summed E-state index contributed by atoms with van der Waals surface area (Å²) in [7, 11) is 5.71. The van der Waals surface area contributed by atoms with Crippen molar-refractivity contribution in [3.63, 3.8) is 0 Å². The first-order valence-corrected chi connectivity index (χ1v) is 9.32. The van der Waals surface area contributed by atoms with Crippen LogP contribution in [0.4, 0.5) is 0 Å². The third-order valence-electron chi connectivity index (χ3n) is 4.79. The number of nitrogens with zero attached hydrogens (tertiary/aromatic N) is 4. The predicted molar refractivity (Wildman–Crippen MR) is 118 cm³/mol. The van der Waals surface area contributed by atoms with Crippen molar-refractivity contribution in [2.75, 3.05) is 27.2 Å². The number of aryl methyl sites for hydroxylation is 1. The van der Waals surface area contributed by atoms with Gasteiger partial charge in [-0.1, -0.05) is 11.6 Å². The molecule has 1 saturated heterocycles. The molecule has 148 valence electrons. The molecule has 0 radical (unpaired) electrons. The molecule has 2 rings (SSSR count). The molecule has 1 aromatic rings. The highest BCUT2D eigenvalue weighted by Gasteiger charge is 2.22. The third-order valence-corrected chi connectivity index (χ3v) is 5.00. The van der Waals surface area contributed by atoms with Gasteiger partial charge in [0, 0.05) is 58.6 Å². The molecule has 1 amide bonds. The van der Waals surface area contributed by atoms with Gasteiger partial charge in [0.2, 0.25) is 5.91 Å². The van der Waals surface area contributed by atoms with Crippen LogP contribution in [-0.2, 0) is 18.4 Å². The van der Waals surface area contributed by atoms with Crippen molar-refractivity contribution in [1.82, 2.24) is 19.7 Å². The Bertz CT molecular complexity index is 619. The Kier molecular flexibility index (Phi) is 9.78. The van der Waals surface area contributed by atoms with Gasteiger partial charge in [-0.05, 0) is 32.3 Å². The van der Waals surface area contributed by atoms with Gasteiger partial charge < -0.3 is 19.7 Å². The van der Waals surface area contributed by atoms with E-state index < -0.39 is 0 Å². The molecule has 0 aromatic carbocycles. The van der Waals surface area contributed by atoms with E-state index in [4.69, 9.17) is 11.6 Å². The maximum absolute atomic E-state index is 12.4. The fourth-order valence-electron chi connectivity index (χ4n) is 3.32. The summed E-state index contributed by atoms with van der Waals surface area (Å²) in [6.45, 7) is 4.32. The molecule has 26 heavy (non-hydrogen) atoms. The van der Waals surface area contributed by atoms with Gasteiger partial charge >= 0.3 is 0 Å². The highest BCUT2D eigenvalue weighted by Crippen LogP contribution is 2.17. The van der Waals surface area contributed by atoms with Crippen molar-refractivity contribution in [3.05, 3.63) is 23.0 Å². The topological polar surface area (TPSA) is 52.9 Å². The Labute approximate surface area is 179 Å². The summed E-state index contributed by atoms with van der Waals surface area (Å²) in [5, 5.41) is 4.02. The lowest BCUT2D eigenvalue weighted by atomic mass is 10.0. The number of amides is 1. The van der Waals surface area contributed by atoms with Crippen LogP contribution < -0.4 is 5.32 Å². The number of aliphatic imine (C=N–C) groups is 1. The van der Waals surface area contributed by atoms with Crippen LogP contribution in [0, 0.1) is 0 Å². The SMILES string of the molecule is CN=C(NCCC(=O)N1CCCCC1C)N(C)Cc1cc(Cl)cn1C.I. The van der Waals surface area contributed by atoms with Gasteiger partial charge in [-0.2, -0.15) is 0 Å². The Morgan fingerprint density at radius 3 is 2.77 bits per heavy atom. The molecule has 1 unspecified atom stereocenters. The molecule has 1 N–H and O–H groups in total. The van der Waals surface area contributed by atoms with Crippen LogP contribution in [0.5, 0.6) is 0 Å². The number of hydrogen-bond donors (Lipinski definition) is 1. The number of hydrogen-bond acceptors (Lipinski definition) is 2. The van der Waals surface area contributed by atoms with Gasteiger partial charge in [0.1, 0.15) is 0 Å². The fourth-order valence-corrected chi connectivity index (χ4v) is 3.59. The van der Waals surface area contributed by atoms with Crippen LogP contribution in [0.2, 0.25) is 5.02 Å². The summed E-state index contributed by atoms with van der Waals surface area (Å²) < 4.78 is 2.01. The fraction of sp³-hybridized carbons (Fsp3) is 0.667. The minimum Gasteiger partial charge on any atom is -0.356 e. The van der Waals surface area contributed by atoms with E-state index in [1.807, 2.05) is 40.7 Å². The number of nitrogens with one attached hydrogen (secondary N) is 1. The van der Waals surface area contributed by atoms with Gasteiger partial charge in [-0.25, -0.2) is 0 Å². The third kappa shape index (κ3) is 6.33. The molecule has 0 saturated carbocycles. The van der Waals surface area contributed by atoms with Crippen molar-refractivity contribution in [2.24, 2.45) is 12.0 Å². The summed E-state index contributed by atoms with van der Waals surface area (Å²) in [6.07, 6.45) is 5.84. The number of rotatable bonds is 5. The summed E-state index contributed by atoms with van der Waals surface area (Å²) in [5.74, 6) is 1.00. The van der Waals surface area contributed by atoms with Gasteiger partial charge in [0.25, 0.3) is 0 Å². The average Bonchev–Trinajstić information content (AvgIpc) is 2.89. The highest BCUT2D eigenvalue weighted by atomic mass is 127. The second-order valence-corrected chi connectivity index (χ2v) is 7.21. The Morgan fingerprint density at radius 2 is 2.19 bits per heavy atom. The predicted octanol–water partition coefficient (Wildman–Crippen LogP) is 3.09. The summed E-state index contributed by atoms with van der Waals surface area (Å²) in [5.41, 5.74) is 1.11. The van der Waals surface area contributed by atoms with Crippen LogP contribution in [0.25, 0.3) is 0 Å². The molecule has 1 aliphatic rings. The Balaban J connectivity index is 0.00000338. The summed E-state index contributed by atoms with van der Waals surface area (Å²) in [4.78, 5) is 20.8. The van der Waals surface area contributed by atoms with Crippen LogP contribution >= 0.6 is 35.6 Å². The standard InChI is InChI=1S/C18H30ClN5O.HI/c1-14-7-5-6-10-24(14)17(25)8-9-21-18(20-2)23(4)13-16-11-15(19)12-22(16)3;/h11-12,14H,5-10,13H2,1-4H3,(H,20,21);1H. The Morgan fingerprint density at radius 1 is 1.46 bits per heavy atom. The van der Waals surface area contributed by atoms with E-state index in [9.17, 15) is 4.79 Å². The van der Waals surface area contributed by atoms with E-state index >= 15 is 0 Å². The number of carbonyl (C=O) groups excluding carboxylic acids is 1. The second kappa shape index (κ2) is 11.0. The molecule has 0 aliphatic carbocycles. The lowest BCUT2D eigenvalue weighted by Crippen LogP contribution is -2.44. The zero-order valence-electron chi connectivity index (χ0n) is 16.2. The van der Waals surface area contributed by atoms with Crippen molar-refractivity contribution in [2.45, 2.75) is 45.2 Å². The van der Waals surface area contributed by atoms with E-state index in [0.717, 1.165) is 36.1 Å². The van der Waals surface area contributed by atoms with Gasteiger partial charge in [-0.3, -0.25) is 9.79 Å².